The monoisotopic (exact) mass is 458 g/mol. The minimum Gasteiger partial charge on any atom is -0.206 e. The molecule has 4 rings (SSSR count). The number of benzene rings is 4. The van der Waals surface area contributed by atoms with Crippen LogP contribution in [0.25, 0.3) is 22.3 Å². The molecular formula is C31H29F3. The first kappa shape index (κ1) is 23.8. The van der Waals surface area contributed by atoms with Gasteiger partial charge in [-0.05, 0) is 59.6 Å². The number of rotatable bonds is 8. The van der Waals surface area contributed by atoms with E-state index in [9.17, 15) is 8.78 Å². The summed E-state index contributed by atoms with van der Waals surface area (Å²) < 4.78 is 43.2. The van der Waals surface area contributed by atoms with Gasteiger partial charge in [0.15, 0.2) is 0 Å². The fraction of sp³-hybridized carbons (Fsp3) is 0.226. The van der Waals surface area contributed by atoms with E-state index in [1.54, 1.807) is 24.3 Å². The SMILES string of the molecule is CCCc1ccc(CCc2ccc(-c3ccc(-c4ccc(C)cc4)cc3)c(F)c2C(F)F)cc1. The van der Waals surface area contributed by atoms with E-state index in [1.807, 2.05) is 55.5 Å². The molecule has 0 saturated heterocycles. The average molecular weight is 459 g/mol. The van der Waals surface area contributed by atoms with Crippen LogP contribution in [0.2, 0.25) is 0 Å². The summed E-state index contributed by atoms with van der Waals surface area (Å²) in [5, 5.41) is 0. The number of alkyl halides is 2. The van der Waals surface area contributed by atoms with E-state index < -0.39 is 17.8 Å². The standard InChI is InChI=1S/C31H29F3/c1-3-4-22-7-9-23(10-8-22)11-14-27-19-20-28(30(32)29(27)31(33)34)26-17-15-25(16-18-26)24-12-5-21(2)6-13-24/h5-10,12-13,15-20,31H,3-4,11,14H2,1-2H3. The molecule has 0 atom stereocenters. The number of hydrogen-bond acceptors (Lipinski definition) is 0. The molecule has 0 spiro atoms. The molecular weight excluding hydrogens is 429 g/mol. The van der Waals surface area contributed by atoms with E-state index in [0.29, 0.717) is 24.0 Å². The highest BCUT2D eigenvalue weighted by Gasteiger charge is 2.22. The summed E-state index contributed by atoms with van der Waals surface area (Å²) in [5.41, 5.74) is 6.25. The zero-order chi connectivity index (χ0) is 24.1. The Morgan fingerprint density at radius 2 is 1.15 bits per heavy atom. The maximum atomic E-state index is 15.3. The first-order valence-corrected chi connectivity index (χ1v) is 11.8. The van der Waals surface area contributed by atoms with Crippen LogP contribution in [0.15, 0.2) is 84.9 Å². The second-order valence-corrected chi connectivity index (χ2v) is 8.81. The molecule has 0 nitrogen and oxygen atoms in total. The van der Waals surface area contributed by atoms with Gasteiger partial charge in [0.25, 0.3) is 6.43 Å². The Hall–Kier alpha value is -3.33. The second-order valence-electron chi connectivity index (χ2n) is 8.81. The molecule has 0 heterocycles. The molecule has 0 bridgehead atoms. The van der Waals surface area contributed by atoms with Crippen molar-refractivity contribution in [3.63, 3.8) is 0 Å². The van der Waals surface area contributed by atoms with Crippen LogP contribution >= 0.6 is 0 Å². The van der Waals surface area contributed by atoms with Gasteiger partial charge in [-0.1, -0.05) is 104 Å². The summed E-state index contributed by atoms with van der Waals surface area (Å²) in [7, 11) is 0. The normalized spacial score (nSPS) is 11.2. The lowest BCUT2D eigenvalue weighted by molar-refractivity contribution is 0.145. The number of halogens is 3. The van der Waals surface area contributed by atoms with Crippen LogP contribution in [0, 0.1) is 12.7 Å². The lowest BCUT2D eigenvalue weighted by Crippen LogP contribution is -2.03. The number of hydrogen-bond donors (Lipinski definition) is 0. The smallest absolute Gasteiger partial charge is 0.206 e. The van der Waals surface area contributed by atoms with Gasteiger partial charge in [0.1, 0.15) is 5.82 Å². The first-order chi connectivity index (χ1) is 16.5. The highest BCUT2D eigenvalue weighted by molar-refractivity contribution is 5.71. The molecule has 0 fully saturated rings. The summed E-state index contributed by atoms with van der Waals surface area (Å²) >= 11 is 0. The van der Waals surface area contributed by atoms with E-state index in [4.69, 9.17) is 0 Å². The molecule has 0 aliphatic heterocycles. The molecule has 0 aliphatic carbocycles. The third-order valence-electron chi connectivity index (χ3n) is 6.31. The average Bonchev–Trinajstić information content (AvgIpc) is 2.84. The van der Waals surface area contributed by atoms with Crippen molar-refractivity contribution in [1.82, 2.24) is 0 Å². The predicted molar refractivity (Wildman–Crippen MR) is 135 cm³/mol. The Bertz CT molecular complexity index is 1220. The molecule has 34 heavy (non-hydrogen) atoms. The maximum absolute atomic E-state index is 15.3. The van der Waals surface area contributed by atoms with Crippen LogP contribution in [0.4, 0.5) is 13.2 Å². The van der Waals surface area contributed by atoms with Crippen LogP contribution in [-0.2, 0) is 19.3 Å². The third kappa shape index (κ3) is 5.41. The first-order valence-electron chi connectivity index (χ1n) is 11.8. The van der Waals surface area contributed by atoms with Gasteiger partial charge in [-0.3, -0.25) is 0 Å². The van der Waals surface area contributed by atoms with Crippen molar-refractivity contribution >= 4 is 0 Å². The Morgan fingerprint density at radius 1 is 0.618 bits per heavy atom. The molecule has 0 aromatic heterocycles. The summed E-state index contributed by atoms with van der Waals surface area (Å²) in [6, 6.07) is 27.0. The molecule has 4 aromatic rings. The Labute approximate surface area is 200 Å². The topological polar surface area (TPSA) is 0 Å². The van der Waals surface area contributed by atoms with Gasteiger partial charge in [0.05, 0.1) is 5.56 Å². The van der Waals surface area contributed by atoms with Crippen molar-refractivity contribution < 1.29 is 13.2 Å². The predicted octanol–water partition coefficient (Wildman–Crippen LogP) is 9.14. The summed E-state index contributed by atoms with van der Waals surface area (Å²) in [6.45, 7) is 4.17. The zero-order valence-electron chi connectivity index (χ0n) is 19.6. The fourth-order valence-corrected chi connectivity index (χ4v) is 4.34. The van der Waals surface area contributed by atoms with Crippen LogP contribution < -0.4 is 0 Å². The Kier molecular flexibility index (Phi) is 7.52. The van der Waals surface area contributed by atoms with Gasteiger partial charge in [-0.25, -0.2) is 13.2 Å². The second kappa shape index (κ2) is 10.7. The van der Waals surface area contributed by atoms with E-state index in [0.717, 1.165) is 29.5 Å². The molecule has 0 unspecified atom stereocenters. The molecule has 3 heteroatoms. The van der Waals surface area contributed by atoms with Crippen molar-refractivity contribution in [3.8, 4) is 22.3 Å². The molecule has 0 amide bonds. The number of aryl methyl sites for hydroxylation is 4. The van der Waals surface area contributed by atoms with Gasteiger partial charge in [-0.2, -0.15) is 0 Å². The largest absolute Gasteiger partial charge is 0.266 e. The summed E-state index contributed by atoms with van der Waals surface area (Å²) in [4.78, 5) is 0. The van der Waals surface area contributed by atoms with Crippen LogP contribution in [-0.4, -0.2) is 0 Å². The molecule has 0 saturated carbocycles. The van der Waals surface area contributed by atoms with E-state index in [2.05, 4.69) is 19.1 Å². The minimum atomic E-state index is -2.87. The molecule has 4 aromatic carbocycles. The van der Waals surface area contributed by atoms with Crippen LogP contribution in [0.3, 0.4) is 0 Å². The van der Waals surface area contributed by atoms with Crippen molar-refractivity contribution in [2.24, 2.45) is 0 Å². The van der Waals surface area contributed by atoms with Crippen molar-refractivity contribution in [3.05, 3.63) is 119 Å². The quantitative estimate of drug-likeness (QED) is 0.247. The molecule has 174 valence electrons. The highest BCUT2D eigenvalue weighted by Crippen LogP contribution is 2.34. The van der Waals surface area contributed by atoms with Crippen molar-refractivity contribution in [1.29, 1.82) is 0 Å². The van der Waals surface area contributed by atoms with Gasteiger partial charge in [0.2, 0.25) is 0 Å². The van der Waals surface area contributed by atoms with E-state index in [1.165, 1.54) is 11.1 Å². The van der Waals surface area contributed by atoms with E-state index >= 15 is 4.39 Å². The lowest BCUT2D eigenvalue weighted by Gasteiger charge is -2.14. The maximum Gasteiger partial charge on any atom is 0.266 e. The van der Waals surface area contributed by atoms with Crippen LogP contribution in [0.1, 0.15) is 47.6 Å². The summed E-state index contributed by atoms with van der Waals surface area (Å²) in [6.07, 6.45) is 0.201. The lowest BCUT2D eigenvalue weighted by atomic mass is 9.93. The molecule has 0 radical (unpaired) electrons. The summed E-state index contributed by atoms with van der Waals surface area (Å²) in [5.74, 6) is -0.825. The molecule has 0 N–H and O–H groups in total. The van der Waals surface area contributed by atoms with Crippen molar-refractivity contribution in [2.45, 2.75) is 46.0 Å². The van der Waals surface area contributed by atoms with Gasteiger partial charge in [-0.15, -0.1) is 0 Å². The molecule has 0 aliphatic rings. The zero-order valence-corrected chi connectivity index (χ0v) is 19.6. The Balaban J connectivity index is 1.56. The van der Waals surface area contributed by atoms with Crippen molar-refractivity contribution in [2.75, 3.05) is 0 Å². The van der Waals surface area contributed by atoms with E-state index in [-0.39, 0.29) is 5.56 Å². The Morgan fingerprint density at radius 3 is 1.71 bits per heavy atom. The van der Waals surface area contributed by atoms with Gasteiger partial charge in [0, 0.05) is 5.56 Å². The van der Waals surface area contributed by atoms with Crippen LogP contribution in [0.5, 0.6) is 0 Å². The van der Waals surface area contributed by atoms with Gasteiger partial charge >= 0.3 is 0 Å². The van der Waals surface area contributed by atoms with Gasteiger partial charge < -0.3 is 0 Å². The highest BCUT2D eigenvalue weighted by atomic mass is 19.3. The third-order valence-corrected chi connectivity index (χ3v) is 6.31. The fourth-order valence-electron chi connectivity index (χ4n) is 4.34. The minimum absolute atomic E-state index is 0.207.